The molecule has 0 heterocycles. The molecule has 34 heavy (non-hydrogen) atoms. The van der Waals surface area contributed by atoms with Gasteiger partial charge in [-0.15, -0.1) is 0 Å². The molecular weight excluding hydrogens is 414 g/mol. The van der Waals surface area contributed by atoms with Gasteiger partial charge in [-0.3, -0.25) is 4.79 Å². The van der Waals surface area contributed by atoms with E-state index >= 15 is 0 Å². The van der Waals surface area contributed by atoms with Crippen LogP contribution in [0.15, 0.2) is 24.3 Å². The highest BCUT2D eigenvalue weighted by Gasteiger charge is 2.53. The number of benzene rings is 1. The van der Waals surface area contributed by atoms with Crippen molar-refractivity contribution >= 4 is 5.91 Å². The number of hydrogen-bond donors (Lipinski definition) is 1. The second-order valence-electron chi connectivity index (χ2n) is 12.6. The van der Waals surface area contributed by atoms with Crippen LogP contribution in [-0.2, 0) is 11.2 Å². The van der Waals surface area contributed by atoms with Crippen molar-refractivity contribution in [2.75, 3.05) is 0 Å². The van der Waals surface area contributed by atoms with E-state index in [2.05, 4.69) is 36.5 Å². The molecule has 4 rings (SSSR count). The fraction of sp³-hybridized carbons (Fsp3) is 0.781. The van der Waals surface area contributed by atoms with E-state index < -0.39 is 0 Å². The predicted molar refractivity (Wildman–Crippen MR) is 144 cm³/mol. The van der Waals surface area contributed by atoms with Gasteiger partial charge in [0, 0.05) is 12.5 Å². The molecule has 1 aromatic carbocycles. The van der Waals surface area contributed by atoms with E-state index in [1.807, 2.05) is 13.8 Å². The Morgan fingerprint density at radius 3 is 2.47 bits per heavy atom. The highest BCUT2D eigenvalue weighted by Crippen LogP contribution is 2.63. The summed E-state index contributed by atoms with van der Waals surface area (Å²) in [5, 5.41) is 2.99. The minimum absolute atomic E-state index is 0.221. The van der Waals surface area contributed by atoms with Gasteiger partial charge in [-0.2, -0.15) is 0 Å². The molecule has 2 heteroatoms. The van der Waals surface area contributed by atoms with E-state index in [4.69, 9.17) is 0 Å². The topological polar surface area (TPSA) is 29.1 Å². The number of aryl methyl sites for hydroxylation is 1. The smallest absolute Gasteiger partial charge is 0.220 e. The number of unbranched alkanes of at least 4 members (excludes halogenated alkanes) is 7. The van der Waals surface area contributed by atoms with Crippen molar-refractivity contribution in [3.63, 3.8) is 0 Å². The number of fused-ring (bicyclic) bond motifs is 5. The third-order valence-corrected chi connectivity index (χ3v) is 9.71. The molecule has 190 valence electrons. The second-order valence-corrected chi connectivity index (χ2v) is 12.6. The first-order valence-electron chi connectivity index (χ1n) is 14.8. The third-order valence-electron chi connectivity index (χ3n) is 9.71. The molecule has 0 saturated heterocycles. The van der Waals surface area contributed by atoms with Gasteiger partial charge in [-0.1, -0.05) is 82.6 Å². The van der Waals surface area contributed by atoms with Gasteiger partial charge in [0.25, 0.3) is 0 Å². The molecule has 2 saturated carbocycles. The summed E-state index contributed by atoms with van der Waals surface area (Å²) < 4.78 is 0. The van der Waals surface area contributed by atoms with Crippen molar-refractivity contribution in [1.29, 1.82) is 0 Å². The van der Waals surface area contributed by atoms with Gasteiger partial charge < -0.3 is 5.32 Å². The van der Waals surface area contributed by atoms with Gasteiger partial charge in [-0.05, 0) is 99.0 Å². The van der Waals surface area contributed by atoms with Crippen molar-refractivity contribution in [3.05, 3.63) is 35.4 Å². The van der Waals surface area contributed by atoms with Gasteiger partial charge in [-0.25, -0.2) is 0 Å². The summed E-state index contributed by atoms with van der Waals surface area (Å²) in [4.78, 5) is 11.7. The van der Waals surface area contributed by atoms with Crippen LogP contribution in [0.4, 0.5) is 0 Å². The lowest BCUT2D eigenvalue weighted by Crippen LogP contribution is -2.44. The number of carbonyl (C=O) groups is 1. The zero-order valence-electron chi connectivity index (χ0n) is 22.4. The normalized spacial score (nSPS) is 30.0. The van der Waals surface area contributed by atoms with E-state index in [1.165, 1.54) is 89.9 Å². The van der Waals surface area contributed by atoms with Gasteiger partial charge in [0.1, 0.15) is 0 Å². The van der Waals surface area contributed by atoms with E-state index in [0.29, 0.717) is 11.8 Å². The maximum Gasteiger partial charge on any atom is 0.220 e. The van der Waals surface area contributed by atoms with E-state index in [9.17, 15) is 4.79 Å². The Labute approximate surface area is 210 Å². The maximum absolute atomic E-state index is 11.7. The summed E-state index contributed by atoms with van der Waals surface area (Å²) in [5.41, 5.74) is 4.03. The van der Waals surface area contributed by atoms with Crippen LogP contribution in [0.5, 0.6) is 0 Å². The molecule has 0 spiro atoms. The molecule has 2 fully saturated rings. The van der Waals surface area contributed by atoms with Gasteiger partial charge in [0.15, 0.2) is 0 Å². The molecule has 1 amide bonds. The minimum atomic E-state index is 0.221. The van der Waals surface area contributed by atoms with Crippen molar-refractivity contribution in [2.24, 2.45) is 23.2 Å². The summed E-state index contributed by atoms with van der Waals surface area (Å²) in [6, 6.07) is 9.74. The van der Waals surface area contributed by atoms with Crippen LogP contribution in [0.2, 0.25) is 0 Å². The highest BCUT2D eigenvalue weighted by molar-refractivity contribution is 5.76. The first kappa shape index (κ1) is 25.8. The number of rotatable bonds is 12. The average molecular weight is 466 g/mol. The van der Waals surface area contributed by atoms with Gasteiger partial charge in [0.2, 0.25) is 5.91 Å². The van der Waals surface area contributed by atoms with Crippen molar-refractivity contribution in [3.8, 4) is 0 Å². The van der Waals surface area contributed by atoms with Crippen molar-refractivity contribution in [2.45, 2.75) is 135 Å². The Bertz CT molecular complexity index is 785. The number of nitrogens with one attached hydrogen (secondary N) is 1. The lowest BCUT2D eigenvalue weighted by Gasteiger charge is -2.53. The molecule has 0 aliphatic heterocycles. The van der Waals surface area contributed by atoms with Crippen LogP contribution in [0, 0.1) is 23.2 Å². The zero-order valence-corrected chi connectivity index (χ0v) is 22.4. The third kappa shape index (κ3) is 6.27. The summed E-state index contributed by atoms with van der Waals surface area (Å²) in [5.74, 6) is 3.90. The van der Waals surface area contributed by atoms with Gasteiger partial charge in [0.05, 0.1) is 0 Å². The molecular formula is C32H51NO. The molecule has 5 atom stereocenters. The Hall–Kier alpha value is -1.31. The SMILES string of the molecule is CC(C)NC(=O)CCCCCCCCCC[C@H]1C[C@]2(C)CCC[C@H]2[C@@H]2CCc3ccccc3[C@@H]12. The van der Waals surface area contributed by atoms with Crippen LogP contribution in [0.1, 0.15) is 134 Å². The predicted octanol–water partition coefficient (Wildman–Crippen LogP) is 8.58. The molecule has 0 radical (unpaired) electrons. The van der Waals surface area contributed by atoms with Crippen LogP contribution >= 0.6 is 0 Å². The van der Waals surface area contributed by atoms with Crippen LogP contribution in [0.25, 0.3) is 0 Å². The Kier molecular flexibility index (Phi) is 9.16. The Morgan fingerprint density at radius 2 is 1.71 bits per heavy atom. The molecule has 2 nitrogen and oxygen atoms in total. The number of amides is 1. The number of hydrogen-bond acceptors (Lipinski definition) is 1. The fourth-order valence-corrected chi connectivity index (χ4v) is 8.27. The first-order chi connectivity index (χ1) is 16.5. The summed E-state index contributed by atoms with van der Waals surface area (Å²) in [6.07, 6.45) is 21.3. The minimum Gasteiger partial charge on any atom is -0.354 e. The van der Waals surface area contributed by atoms with E-state index in [0.717, 1.165) is 30.1 Å². The van der Waals surface area contributed by atoms with Crippen molar-refractivity contribution in [1.82, 2.24) is 5.32 Å². The largest absolute Gasteiger partial charge is 0.354 e. The maximum atomic E-state index is 11.7. The van der Waals surface area contributed by atoms with Gasteiger partial charge >= 0.3 is 0 Å². The van der Waals surface area contributed by atoms with Crippen molar-refractivity contribution < 1.29 is 4.79 Å². The summed E-state index contributed by atoms with van der Waals surface area (Å²) >= 11 is 0. The zero-order chi connectivity index (χ0) is 24.0. The monoisotopic (exact) mass is 465 g/mol. The lowest BCUT2D eigenvalue weighted by molar-refractivity contribution is -0.121. The van der Waals surface area contributed by atoms with Crippen LogP contribution < -0.4 is 5.32 Å². The molecule has 3 aliphatic carbocycles. The van der Waals surface area contributed by atoms with E-state index in [1.54, 1.807) is 11.1 Å². The summed E-state index contributed by atoms with van der Waals surface area (Å²) in [6.45, 7) is 6.72. The average Bonchev–Trinajstić information content (AvgIpc) is 3.20. The molecule has 0 bridgehead atoms. The standard InChI is InChI=1S/C32H51NO/c1-24(2)33-30(34)19-11-9-7-5-4-6-8-10-16-26-23-32(3)22-14-18-29(32)28-21-20-25-15-12-13-17-27(25)31(26)28/h12-13,15,17,24,26,28-29,31H,4-11,14,16,18-23H2,1-3H3,(H,33,34)/t26-,28-,29-,31+,32-/m0/s1. The quantitative estimate of drug-likeness (QED) is 0.308. The fourth-order valence-electron chi connectivity index (χ4n) is 8.27. The highest BCUT2D eigenvalue weighted by atomic mass is 16.1. The molecule has 1 N–H and O–H groups in total. The second kappa shape index (κ2) is 12.1. The number of carbonyl (C=O) groups excluding carboxylic acids is 1. The lowest BCUT2D eigenvalue weighted by atomic mass is 9.51. The summed E-state index contributed by atoms with van der Waals surface area (Å²) in [7, 11) is 0. The van der Waals surface area contributed by atoms with E-state index in [-0.39, 0.29) is 11.9 Å². The Balaban J connectivity index is 1.18. The molecule has 1 aromatic rings. The van der Waals surface area contributed by atoms with Crippen LogP contribution in [-0.4, -0.2) is 11.9 Å². The molecule has 0 unspecified atom stereocenters. The first-order valence-corrected chi connectivity index (χ1v) is 14.8. The molecule has 3 aliphatic rings. The van der Waals surface area contributed by atoms with Crippen LogP contribution in [0.3, 0.4) is 0 Å². The molecule has 0 aromatic heterocycles. The Morgan fingerprint density at radius 1 is 1.00 bits per heavy atom.